The van der Waals surface area contributed by atoms with E-state index in [1.54, 1.807) is 6.92 Å². The number of nitrogens with one attached hydrogen (secondary N) is 4. The molecule has 2 aromatic heterocycles. The number of aryl methyl sites for hydroxylation is 1. The summed E-state index contributed by atoms with van der Waals surface area (Å²) < 4.78 is 0. The average Bonchev–Trinajstić information content (AvgIpc) is 3.13. The van der Waals surface area contributed by atoms with Crippen LogP contribution in [0.3, 0.4) is 0 Å². The Morgan fingerprint density at radius 2 is 2.03 bits per heavy atom. The van der Waals surface area contributed by atoms with Crippen LogP contribution >= 0.6 is 12.2 Å². The van der Waals surface area contributed by atoms with Crippen LogP contribution in [0.1, 0.15) is 35.8 Å². The molecule has 2 heterocycles. The second-order valence-electron chi connectivity index (χ2n) is 7.32. The molecular formula is C21H24N8O2S. The van der Waals surface area contributed by atoms with Gasteiger partial charge in [-0.15, -0.1) is 0 Å². The lowest BCUT2D eigenvalue weighted by atomic mass is 10.0. The molecule has 0 radical (unpaired) electrons. The Morgan fingerprint density at radius 3 is 2.72 bits per heavy atom. The molecule has 32 heavy (non-hydrogen) atoms. The Balaban J connectivity index is 1.76. The van der Waals surface area contributed by atoms with Gasteiger partial charge in [-0.25, -0.2) is 9.97 Å². The minimum Gasteiger partial charge on any atom is -0.368 e. The van der Waals surface area contributed by atoms with Crippen molar-refractivity contribution in [3.63, 3.8) is 0 Å². The van der Waals surface area contributed by atoms with Gasteiger partial charge in [0, 0.05) is 29.2 Å². The number of benzene rings is 1. The second-order valence-corrected chi connectivity index (χ2v) is 7.81. The summed E-state index contributed by atoms with van der Waals surface area (Å²) in [5, 5.41) is 14.4. The topological polar surface area (TPSA) is 176 Å². The highest BCUT2D eigenvalue weighted by atomic mass is 32.1. The van der Waals surface area contributed by atoms with Gasteiger partial charge >= 0.3 is 0 Å². The normalized spacial score (nSPS) is 11.7. The van der Waals surface area contributed by atoms with Gasteiger partial charge in [-0.2, -0.15) is 0 Å². The predicted molar refractivity (Wildman–Crippen MR) is 128 cm³/mol. The van der Waals surface area contributed by atoms with Crippen LogP contribution in [0.5, 0.6) is 0 Å². The van der Waals surface area contributed by atoms with Crippen molar-refractivity contribution in [3.8, 4) is 0 Å². The van der Waals surface area contributed by atoms with Crippen LogP contribution < -0.4 is 22.1 Å². The largest absolute Gasteiger partial charge is 0.368 e. The molecule has 11 heteroatoms. The molecule has 0 saturated heterocycles. The van der Waals surface area contributed by atoms with Crippen LogP contribution in [0.4, 0.5) is 11.6 Å². The number of thiocarbonyl (C=S) groups is 1. The predicted octanol–water partition coefficient (Wildman–Crippen LogP) is 2.12. The van der Waals surface area contributed by atoms with Gasteiger partial charge in [0.1, 0.15) is 11.9 Å². The molecule has 3 rings (SSSR count). The van der Waals surface area contributed by atoms with Crippen LogP contribution in [0, 0.1) is 5.41 Å². The van der Waals surface area contributed by atoms with E-state index in [1.165, 1.54) is 6.20 Å². The van der Waals surface area contributed by atoms with E-state index in [4.69, 9.17) is 29.1 Å². The van der Waals surface area contributed by atoms with E-state index in [0.29, 0.717) is 18.6 Å². The van der Waals surface area contributed by atoms with Gasteiger partial charge < -0.3 is 32.5 Å². The molecule has 10 nitrogen and oxygen atoms in total. The van der Waals surface area contributed by atoms with E-state index in [1.807, 2.05) is 30.5 Å². The number of carbonyl (C=O) groups excluding carboxylic acids is 2. The molecule has 0 aliphatic carbocycles. The van der Waals surface area contributed by atoms with E-state index in [-0.39, 0.29) is 28.7 Å². The van der Waals surface area contributed by atoms with Gasteiger partial charge in [0.2, 0.25) is 5.91 Å². The maximum atomic E-state index is 12.1. The van der Waals surface area contributed by atoms with Crippen molar-refractivity contribution in [1.29, 1.82) is 5.41 Å². The number of aromatic nitrogens is 3. The van der Waals surface area contributed by atoms with Crippen LogP contribution in [-0.4, -0.2) is 43.5 Å². The number of carbonyl (C=O) groups is 2. The van der Waals surface area contributed by atoms with Crippen molar-refractivity contribution in [2.45, 2.75) is 32.2 Å². The van der Waals surface area contributed by atoms with Crippen LogP contribution in [0.25, 0.3) is 10.9 Å². The quantitative estimate of drug-likeness (QED) is 0.202. The number of nitrogens with two attached hydrogens (primary N) is 2. The number of hydrogen-bond acceptors (Lipinski definition) is 7. The highest BCUT2D eigenvalue weighted by molar-refractivity contribution is 7.80. The Kier molecular flexibility index (Phi) is 7.11. The summed E-state index contributed by atoms with van der Waals surface area (Å²) in [6.45, 7) is 1.61. The molecule has 2 amide bonds. The number of para-hydroxylation sites is 1. The average molecular weight is 453 g/mol. The maximum absolute atomic E-state index is 12.1. The fourth-order valence-electron chi connectivity index (χ4n) is 3.25. The molecule has 0 aliphatic rings. The molecule has 1 atom stereocenters. The van der Waals surface area contributed by atoms with E-state index >= 15 is 0 Å². The smallest absolute Gasteiger partial charge is 0.271 e. The van der Waals surface area contributed by atoms with E-state index in [9.17, 15) is 9.59 Å². The van der Waals surface area contributed by atoms with Gasteiger partial charge in [0.05, 0.1) is 11.2 Å². The van der Waals surface area contributed by atoms with Crippen LogP contribution in [0.15, 0.2) is 36.7 Å². The second kappa shape index (κ2) is 9.96. The Labute approximate surface area is 189 Å². The molecule has 8 N–H and O–H groups in total. The lowest BCUT2D eigenvalue weighted by Gasteiger charge is -2.17. The third-order valence-electron chi connectivity index (χ3n) is 4.73. The first-order chi connectivity index (χ1) is 15.2. The number of amides is 2. The number of rotatable bonds is 10. The fourth-order valence-corrected chi connectivity index (χ4v) is 3.56. The Hall–Kier alpha value is -3.86. The monoisotopic (exact) mass is 452 g/mol. The molecule has 166 valence electrons. The van der Waals surface area contributed by atoms with Crippen molar-refractivity contribution in [3.05, 3.63) is 47.9 Å². The van der Waals surface area contributed by atoms with Crippen molar-refractivity contribution >= 4 is 57.3 Å². The van der Waals surface area contributed by atoms with Gasteiger partial charge in [-0.3, -0.25) is 9.59 Å². The molecular weight excluding hydrogens is 428 g/mol. The first-order valence-corrected chi connectivity index (χ1v) is 10.3. The number of primary amides is 2. The maximum Gasteiger partial charge on any atom is 0.271 e. The highest BCUT2D eigenvalue weighted by Gasteiger charge is 2.19. The third kappa shape index (κ3) is 5.64. The van der Waals surface area contributed by atoms with E-state index in [2.05, 4.69) is 25.6 Å². The number of aromatic amines is 1. The van der Waals surface area contributed by atoms with E-state index < -0.39 is 17.9 Å². The summed E-state index contributed by atoms with van der Waals surface area (Å²) in [4.78, 5) is 35.6. The standard InChI is InChI=1S/C21H24N8O2S/c1-11(22)8-17(32)29-21-18(20(24)31)26-10-16(28-21)27-15(19(23)30)7-6-12-9-25-14-5-3-2-4-13(12)14/h2-5,9-10,15,22,25H,6-8H2,1H3,(H2,23,30)(H2,24,31)(H2,27,28,29,32). The lowest BCUT2D eigenvalue weighted by Crippen LogP contribution is -2.36. The summed E-state index contributed by atoms with van der Waals surface area (Å²) in [5.41, 5.74) is 13.3. The van der Waals surface area contributed by atoms with Gasteiger partial charge in [-0.05, 0) is 31.4 Å². The highest BCUT2D eigenvalue weighted by Crippen LogP contribution is 2.21. The number of fused-ring (bicyclic) bond motifs is 1. The van der Waals surface area contributed by atoms with Gasteiger partial charge in [0.15, 0.2) is 11.5 Å². The number of anilines is 2. The number of H-pyrrole nitrogens is 1. The molecule has 3 aromatic rings. The SMILES string of the molecule is CC(=N)CC(=S)Nc1nc(NC(CCc2c[nH]c3ccccc23)C(N)=O)cnc1C(N)=O. The van der Waals surface area contributed by atoms with Crippen molar-refractivity contribution in [2.24, 2.45) is 11.5 Å². The fraction of sp³-hybridized carbons (Fsp3) is 0.238. The first-order valence-electron chi connectivity index (χ1n) is 9.86. The van der Waals surface area contributed by atoms with Gasteiger partial charge in [-0.1, -0.05) is 30.4 Å². The van der Waals surface area contributed by atoms with Crippen LogP contribution in [-0.2, 0) is 11.2 Å². The Morgan fingerprint density at radius 1 is 1.28 bits per heavy atom. The first kappa shape index (κ1) is 22.8. The Bertz CT molecular complexity index is 1190. The summed E-state index contributed by atoms with van der Waals surface area (Å²) in [7, 11) is 0. The summed E-state index contributed by atoms with van der Waals surface area (Å²) >= 11 is 5.19. The zero-order valence-electron chi connectivity index (χ0n) is 17.4. The van der Waals surface area contributed by atoms with Crippen LogP contribution in [0.2, 0.25) is 0 Å². The number of hydrogen-bond donors (Lipinski definition) is 6. The van der Waals surface area contributed by atoms with Gasteiger partial charge in [0.25, 0.3) is 5.91 Å². The molecule has 0 saturated carbocycles. The molecule has 1 unspecified atom stereocenters. The summed E-state index contributed by atoms with van der Waals surface area (Å²) in [6.07, 6.45) is 4.44. The molecule has 0 fully saturated rings. The minimum atomic E-state index is -0.785. The van der Waals surface area contributed by atoms with Crippen molar-refractivity contribution < 1.29 is 9.59 Å². The van der Waals surface area contributed by atoms with Crippen molar-refractivity contribution in [2.75, 3.05) is 10.6 Å². The summed E-state index contributed by atoms with van der Waals surface area (Å²) in [5.74, 6) is -1.05. The molecule has 1 aromatic carbocycles. The molecule has 0 spiro atoms. The zero-order valence-corrected chi connectivity index (χ0v) is 18.3. The van der Waals surface area contributed by atoms with Crippen molar-refractivity contribution in [1.82, 2.24) is 15.0 Å². The third-order valence-corrected chi connectivity index (χ3v) is 4.98. The molecule has 0 bridgehead atoms. The summed E-state index contributed by atoms with van der Waals surface area (Å²) in [6, 6.07) is 7.18. The molecule has 0 aliphatic heterocycles. The zero-order chi connectivity index (χ0) is 23.3. The lowest BCUT2D eigenvalue weighted by molar-refractivity contribution is -0.118. The number of nitrogens with zero attached hydrogens (tertiary/aromatic N) is 2. The van der Waals surface area contributed by atoms with E-state index in [0.717, 1.165) is 16.5 Å². The minimum absolute atomic E-state index is 0.0496.